The molecule has 3 aromatic rings. The summed E-state index contributed by atoms with van der Waals surface area (Å²) in [6.07, 6.45) is 0. The van der Waals surface area contributed by atoms with Gasteiger partial charge in [-0.3, -0.25) is 9.59 Å². The smallest absolute Gasteiger partial charge is 0.258 e. The maximum atomic E-state index is 13.0. The summed E-state index contributed by atoms with van der Waals surface area (Å²) >= 11 is 0. The van der Waals surface area contributed by atoms with Crippen LogP contribution in [-0.2, 0) is 11.3 Å². The Balaban J connectivity index is 1.71. The van der Waals surface area contributed by atoms with Crippen LogP contribution in [0.3, 0.4) is 0 Å². The van der Waals surface area contributed by atoms with Crippen LogP contribution in [0, 0.1) is 0 Å². The van der Waals surface area contributed by atoms with E-state index in [2.05, 4.69) is 27.7 Å². The van der Waals surface area contributed by atoms with Crippen LogP contribution in [0.5, 0.6) is 11.5 Å². The fourth-order valence-corrected chi connectivity index (χ4v) is 3.48. The molecule has 0 bridgehead atoms. The molecule has 0 unspecified atom stereocenters. The minimum Gasteiger partial charge on any atom is -0.493 e. The molecule has 0 fully saturated rings. The van der Waals surface area contributed by atoms with Crippen molar-refractivity contribution in [1.82, 2.24) is 5.32 Å². The largest absolute Gasteiger partial charge is 0.493 e. The second-order valence-electron chi connectivity index (χ2n) is 8.19. The van der Waals surface area contributed by atoms with Gasteiger partial charge in [0.2, 0.25) is 0 Å². The van der Waals surface area contributed by atoms with Crippen molar-refractivity contribution in [3.8, 4) is 11.5 Å². The van der Waals surface area contributed by atoms with Crippen LogP contribution in [0.4, 0.5) is 11.4 Å². The minimum atomic E-state index is -0.275. The third-order valence-electron chi connectivity index (χ3n) is 5.06. The van der Waals surface area contributed by atoms with Gasteiger partial charge in [0.1, 0.15) is 0 Å². The molecule has 0 aliphatic carbocycles. The summed E-state index contributed by atoms with van der Waals surface area (Å²) in [5.41, 5.74) is 3.20. The number of rotatable bonds is 10. The first kappa shape index (κ1) is 24.6. The zero-order chi connectivity index (χ0) is 24.5. The van der Waals surface area contributed by atoms with E-state index < -0.39 is 0 Å². The van der Waals surface area contributed by atoms with Crippen molar-refractivity contribution in [2.24, 2.45) is 0 Å². The quantitative estimate of drug-likeness (QED) is 0.465. The fourth-order valence-electron chi connectivity index (χ4n) is 3.48. The van der Waals surface area contributed by atoms with Crippen LogP contribution in [0.15, 0.2) is 72.8 Å². The lowest BCUT2D eigenvalue weighted by Gasteiger charge is -2.23. The highest BCUT2D eigenvalue weighted by Gasteiger charge is 2.15. The fraction of sp³-hybridized carbons (Fsp3) is 0.259. The Morgan fingerprint density at radius 3 is 2.35 bits per heavy atom. The molecular weight excluding hydrogens is 430 g/mol. The molecular formula is C27H31N3O4. The Morgan fingerprint density at radius 2 is 1.65 bits per heavy atom. The number of nitrogens with zero attached hydrogens (tertiary/aromatic N) is 1. The second kappa shape index (κ2) is 11.7. The van der Waals surface area contributed by atoms with Gasteiger partial charge < -0.3 is 25.0 Å². The number of nitrogens with one attached hydrogen (secondary N) is 2. The van der Waals surface area contributed by atoms with E-state index in [4.69, 9.17) is 9.47 Å². The first-order valence-electron chi connectivity index (χ1n) is 11.1. The summed E-state index contributed by atoms with van der Waals surface area (Å²) in [6, 6.07) is 22.7. The van der Waals surface area contributed by atoms with E-state index in [1.807, 2.05) is 63.4 Å². The first-order chi connectivity index (χ1) is 16.4. The maximum Gasteiger partial charge on any atom is 0.258 e. The number of ether oxygens (including phenoxy) is 2. The number of anilines is 2. The van der Waals surface area contributed by atoms with E-state index in [1.165, 1.54) is 12.7 Å². The van der Waals surface area contributed by atoms with Gasteiger partial charge in [-0.25, -0.2) is 0 Å². The molecule has 0 aliphatic rings. The van der Waals surface area contributed by atoms with Crippen molar-refractivity contribution in [2.75, 3.05) is 31.0 Å². The van der Waals surface area contributed by atoms with Crippen molar-refractivity contribution >= 4 is 23.2 Å². The highest BCUT2D eigenvalue weighted by Crippen LogP contribution is 2.30. The Morgan fingerprint density at radius 1 is 0.941 bits per heavy atom. The SMILES string of the molecule is COc1cc(C(=O)Nc2ccccc2N(C)Cc2ccccc2)ccc1OCC(=O)NC(C)C. The summed E-state index contributed by atoms with van der Waals surface area (Å²) in [5.74, 6) is 0.262. The molecule has 3 rings (SSSR count). The Kier molecular flexibility index (Phi) is 8.51. The number of hydrogen-bond donors (Lipinski definition) is 2. The van der Waals surface area contributed by atoms with Crippen molar-refractivity contribution in [2.45, 2.75) is 26.4 Å². The zero-order valence-corrected chi connectivity index (χ0v) is 20.0. The standard InChI is InChI=1S/C27H31N3O4/c1-19(2)28-26(31)18-34-24-15-14-21(16-25(24)33-4)27(32)29-22-12-8-9-13-23(22)30(3)17-20-10-6-5-7-11-20/h5-16,19H,17-18H2,1-4H3,(H,28,31)(H,29,32). The topological polar surface area (TPSA) is 79.9 Å². The van der Waals surface area contributed by atoms with Crippen LogP contribution in [-0.4, -0.2) is 38.6 Å². The van der Waals surface area contributed by atoms with E-state index in [9.17, 15) is 9.59 Å². The van der Waals surface area contributed by atoms with Crippen LogP contribution in [0.2, 0.25) is 0 Å². The lowest BCUT2D eigenvalue weighted by atomic mass is 10.1. The predicted octanol–water partition coefficient (Wildman–Crippen LogP) is 4.49. The molecule has 3 aromatic carbocycles. The molecule has 0 radical (unpaired) electrons. The summed E-state index contributed by atoms with van der Waals surface area (Å²) < 4.78 is 11.0. The molecule has 7 heteroatoms. The summed E-state index contributed by atoms with van der Waals surface area (Å²) in [6.45, 7) is 4.33. The summed E-state index contributed by atoms with van der Waals surface area (Å²) in [4.78, 5) is 27.0. The molecule has 34 heavy (non-hydrogen) atoms. The van der Waals surface area contributed by atoms with Gasteiger partial charge in [0, 0.05) is 25.2 Å². The van der Waals surface area contributed by atoms with E-state index >= 15 is 0 Å². The Hall–Kier alpha value is -4.00. The van der Waals surface area contributed by atoms with Gasteiger partial charge in [-0.15, -0.1) is 0 Å². The van der Waals surface area contributed by atoms with Crippen LogP contribution >= 0.6 is 0 Å². The summed E-state index contributed by atoms with van der Waals surface area (Å²) in [7, 11) is 3.48. The van der Waals surface area contributed by atoms with Gasteiger partial charge in [0.25, 0.3) is 11.8 Å². The van der Waals surface area contributed by atoms with Gasteiger partial charge in [-0.2, -0.15) is 0 Å². The molecule has 0 atom stereocenters. The Labute approximate surface area is 200 Å². The molecule has 7 nitrogen and oxygen atoms in total. The molecule has 0 heterocycles. The first-order valence-corrected chi connectivity index (χ1v) is 11.1. The monoisotopic (exact) mass is 461 g/mol. The van der Waals surface area contributed by atoms with Crippen LogP contribution in [0.1, 0.15) is 29.8 Å². The third kappa shape index (κ3) is 6.75. The number of amides is 2. The van der Waals surface area contributed by atoms with Crippen molar-refractivity contribution in [1.29, 1.82) is 0 Å². The zero-order valence-electron chi connectivity index (χ0n) is 20.0. The van der Waals surface area contributed by atoms with Gasteiger partial charge in [0.15, 0.2) is 18.1 Å². The third-order valence-corrected chi connectivity index (χ3v) is 5.06. The average Bonchev–Trinajstić information content (AvgIpc) is 2.83. The molecule has 0 aliphatic heterocycles. The predicted molar refractivity (Wildman–Crippen MR) is 135 cm³/mol. The molecule has 0 aromatic heterocycles. The van der Waals surface area contributed by atoms with Crippen molar-refractivity contribution < 1.29 is 19.1 Å². The number of para-hydroxylation sites is 2. The normalized spacial score (nSPS) is 10.5. The maximum absolute atomic E-state index is 13.0. The molecule has 0 spiro atoms. The van der Waals surface area contributed by atoms with Crippen LogP contribution in [0.25, 0.3) is 0 Å². The molecule has 178 valence electrons. The van der Waals surface area contributed by atoms with Crippen molar-refractivity contribution in [3.63, 3.8) is 0 Å². The second-order valence-corrected chi connectivity index (χ2v) is 8.19. The van der Waals surface area contributed by atoms with E-state index in [0.29, 0.717) is 29.3 Å². The molecule has 2 N–H and O–H groups in total. The average molecular weight is 462 g/mol. The van der Waals surface area contributed by atoms with Crippen molar-refractivity contribution in [3.05, 3.63) is 83.9 Å². The lowest BCUT2D eigenvalue weighted by molar-refractivity contribution is -0.123. The van der Waals surface area contributed by atoms with Crippen LogP contribution < -0.4 is 25.0 Å². The van der Waals surface area contributed by atoms with Gasteiger partial charge in [0.05, 0.1) is 18.5 Å². The van der Waals surface area contributed by atoms with E-state index in [0.717, 1.165) is 5.69 Å². The highest BCUT2D eigenvalue weighted by molar-refractivity contribution is 6.06. The lowest BCUT2D eigenvalue weighted by Crippen LogP contribution is -2.34. The van der Waals surface area contributed by atoms with Gasteiger partial charge in [-0.05, 0) is 49.7 Å². The number of methoxy groups -OCH3 is 1. The summed E-state index contributed by atoms with van der Waals surface area (Å²) in [5, 5.41) is 5.76. The number of carbonyl (C=O) groups excluding carboxylic acids is 2. The Bertz CT molecular complexity index is 1120. The molecule has 0 saturated heterocycles. The minimum absolute atomic E-state index is 0.0266. The highest BCUT2D eigenvalue weighted by atomic mass is 16.5. The number of benzene rings is 3. The van der Waals surface area contributed by atoms with Gasteiger partial charge >= 0.3 is 0 Å². The van der Waals surface area contributed by atoms with E-state index in [1.54, 1.807) is 18.2 Å². The van der Waals surface area contributed by atoms with Gasteiger partial charge in [-0.1, -0.05) is 42.5 Å². The number of hydrogen-bond acceptors (Lipinski definition) is 5. The molecule has 0 saturated carbocycles. The van der Waals surface area contributed by atoms with E-state index in [-0.39, 0.29) is 24.5 Å². The number of carbonyl (C=O) groups is 2. The molecule has 2 amide bonds.